The lowest BCUT2D eigenvalue weighted by Gasteiger charge is -2.23. The number of nitrogens with one attached hydrogen (secondary N) is 1. The summed E-state index contributed by atoms with van der Waals surface area (Å²) < 4.78 is 8.01. The minimum Gasteiger partial charge on any atom is -0.231 e. The maximum atomic E-state index is 4.61. The number of fused-ring (bicyclic) bond motifs is 1. The van der Waals surface area contributed by atoms with Crippen molar-refractivity contribution in [2.75, 3.05) is 0 Å². The molecule has 1 aliphatic heterocycles. The van der Waals surface area contributed by atoms with Crippen LogP contribution < -0.4 is 4.72 Å². The number of nitrogens with zero attached hydrogens (tertiary/aromatic N) is 1. The van der Waals surface area contributed by atoms with Crippen molar-refractivity contribution in [2.24, 2.45) is 4.40 Å². The van der Waals surface area contributed by atoms with E-state index in [0.29, 0.717) is 0 Å². The molecule has 1 aliphatic carbocycles. The first-order chi connectivity index (χ1) is 10.6. The Labute approximate surface area is 144 Å². The highest BCUT2D eigenvalue weighted by Crippen LogP contribution is 2.39. The molecular formula is C17H18N2S3. The van der Waals surface area contributed by atoms with Gasteiger partial charge in [-0.1, -0.05) is 36.6 Å². The summed E-state index contributed by atoms with van der Waals surface area (Å²) in [5.41, 5.74) is 3.56. The second-order valence-corrected chi connectivity index (χ2v) is 8.39. The molecule has 1 N–H and O–H groups in total. The SMILES string of the molecule is C=C(S/C(C)=C\C)C1=CC=C(c2ccc(C)s2)C2=NSNC12. The summed E-state index contributed by atoms with van der Waals surface area (Å²) in [5, 5.41) is 0. The minimum atomic E-state index is 0.136. The lowest BCUT2D eigenvalue weighted by molar-refractivity contribution is 0.964. The Kier molecular flexibility index (Phi) is 4.78. The largest absolute Gasteiger partial charge is 0.231 e. The zero-order valence-electron chi connectivity index (χ0n) is 12.8. The molecule has 0 fully saturated rings. The topological polar surface area (TPSA) is 24.4 Å². The van der Waals surface area contributed by atoms with Gasteiger partial charge in [0.15, 0.2) is 0 Å². The Morgan fingerprint density at radius 1 is 1.41 bits per heavy atom. The molecule has 0 amide bonds. The van der Waals surface area contributed by atoms with Crippen molar-refractivity contribution >= 4 is 46.5 Å². The number of thiophene rings is 1. The minimum absolute atomic E-state index is 0.136. The zero-order chi connectivity index (χ0) is 15.7. The third-order valence-corrected chi connectivity index (χ3v) is 6.33. The number of allylic oxidation sites excluding steroid dienone is 4. The van der Waals surface area contributed by atoms with Gasteiger partial charge in [0, 0.05) is 20.2 Å². The Balaban J connectivity index is 1.94. The summed E-state index contributed by atoms with van der Waals surface area (Å²) in [6, 6.07) is 4.48. The van der Waals surface area contributed by atoms with E-state index in [0.717, 1.165) is 10.6 Å². The van der Waals surface area contributed by atoms with Crippen LogP contribution in [-0.4, -0.2) is 11.8 Å². The van der Waals surface area contributed by atoms with Gasteiger partial charge >= 0.3 is 0 Å². The molecule has 1 unspecified atom stereocenters. The Hall–Kier alpha value is -1.01. The number of hydrogen-bond donors (Lipinski definition) is 1. The van der Waals surface area contributed by atoms with Gasteiger partial charge in [-0.15, -0.1) is 11.3 Å². The second-order valence-electron chi connectivity index (χ2n) is 5.16. The number of aryl methyl sites for hydroxylation is 1. The van der Waals surface area contributed by atoms with Crippen LogP contribution in [-0.2, 0) is 0 Å². The molecule has 1 aromatic rings. The van der Waals surface area contributed by atoms with Crippen molar-refractivity contribution in [3.63, 3.8) is 0 Å². The van der Waals surface area contributed by atoms with Gasteiger partial charge in [-0.3, -0.25) is 0 Å². The van der Waals surface area contributed by atoms with Crippen LogP contribution in [0.4, 0.5) is 0 Å². The highest BCUT2D eigenvalue weighted by Gasteiger charge is 2.32. The molecule has 1 atom stereocenters. The molecule has 2 heterocycles. The maximum Gasteiger partial charge on any atom is 0.0884 e. The van der Waals surface area contributed by atoms with Crippen LogP contribution in [0.25, 0.3) is 5.57 Å². The summed E-state index contributed by atoms with van der Waals surface area (Å²) in [6.07, 6.45) is 6.48. The van der Waals surface area contributed by atoms with E-state index in [1.807, 2.05) is 11.3 Å². The Morgan fingerprint density at radius 2 is 2.23 bits per heavy atom. The number of rotatable bonds is 4. The Morgan fingerprint density at radius 3 is 2.91 bits per heavy atom. The average Bonchev–Trinajstić information content (AvgIpc) is 3.14. The molecule has 2 nitrogen and oxygen atoms in total. The second kappa shape index (κ2) is 6.62. The van der Waals surface area contributed by atoms with Crippen molar-refractivity contribution in [1.29, 1.82) is 0 Å². The Bertz CT molecular complexity index is 735. The van der Waals surface area contributed by atoms with E-state index in [9.17, 15) is 0 Å². The summed E-state index contributed by atoms with van der Waals surface area (Å²) in [7, 11) is 0. The van der Waals surface area contributed by atoms with Crippen LogP contribution in [0.15, 0.2) is 56.7 Å². The first kappa shape index (κ1) is 15.9. The first-order valence-electron chi connectivity index (χ1n) is 7.08. The van der Waals surface area contributed by atoms with E-state index in [1.165, 1.54) is 37.9 Å². The summed E-state index contributed by atoms with van der Waals surface area (Å²) in [5.74, 6) is 0. The van der Waals surface area contributed by atoms with Crippen LogP contribution >= 0.6 is 35.2 Å². The molecule has 22 heavy (non-hydrogen) atoms. The van der Waals surface area contributed by atoms with E-state index < -0.39 is 0 Å². The van der Waals surface area contributed by atoms with Crippen LogP contribution in [0.3, 0.4) is 0 Å². The van der Waals surface area contributed by atoms with Crippen LogP contribution in [0, 0.1) is 6.92 Å². The summed E-state index contributed by atoms with van der Waals surface area (Å²) in [4.78, 5) is 4.95. The smallest absolute Gasteiger partial charge is 0.0884 e. The molecule has 0 saturated carbocycles. The monoisotopic (exact) mass is 346 g/mol. The molecule has 0 saturated heterocycles. The fourth-order valence-corrected chi connectivity index (χ4v) is 4.77. The fourth-order valence-electron chi connectivity index (χ4n) is 2.36. The third-order valence-electron chi connectivity index (χ3n) is 3.62. The highest BCUT2D eigenvalue weighted by atomic mass is 32.2. The molecule has 3 rings (SSSR count). The van der Waals surface area contributed by atoms with Crippen molar-refractivity contribution in [2.45, 2.75) is 26.8 Å². The van der Waals surface area contributed by atoms with Crippen molar-refractivity contribution < 1.29 is 0 Å². The normalized spacial score (nSPS) is 21.1. The van der Waals surface area contributed by atoms with Gasteiger partial charge in [-0.2, -0.15) is 0 Å². The lowest BCUT2D eigenvalue weighted by Crippen LogP contribution is -2.32. The average molecular weight is 347 g/mol. The maximum absolute atomic E-state index is 4.61. The van der Waals surface area contributed by atoms with Crippen LogP contribution in [0.2, 0.25) is 0 Å². The quantitative estimate of drug-likeness (QED) is 0.726. The summed E-state index contributed by atoms with van der Waals surface area (Å²) in [6.45, 7) is 10.6. The predicted molar refractivity (Wildman–Crippen MR) is 103 cm³/mol. The van der Waals surface area contributed by atoms with E-state index in [2.05, 4.69) is 66.8 Å². The summed E-state index contributed by atoms with van der Waals surface area (Å²) >= 11 is 4.96. The van der Waals surface area contributed by atoms with E-state index >= 15 is 0 Å². The molecule has 2 aliphatic rings. The van der Waals surface area contributed by atoms with Gasteiger partial charge < -0.3 is 0 Å². The first-order valence-corrected chi connectivity index (χ1v) is 9.49. The van der Waals surface area contributed by atoms with Crippen molar-refractivity contribution in [1.82, 2.24) is 4.72 Å². The third kappa shape index (κ3) is 3.04. The fraction of sp³-hybridized carbons (Fsp3) is 0.235. The van der Waals surface area contributed by atoms with Crippen LogP contribution in [0.1, 0.15) is 23.6 Å². The van der Waals surface area contributed by atoms with Crippen molar-refractivity contribution in [3.8, 4) is 0 Å². The number of thioether (sulfide) groups is 1. The van der Waals surface area contributed by atoms with Gasteiger partial charge in [-0.25, -0.2) is 9.12 Å². The highest BCUT2D eigenvalue weighted by molar-refractivity contribution is 8.06. The van der Waals surface area contributed by atoms with Gasteiger partial charge in [0.25, 0.3) is 0 Å². The molecule has 5 heteroatoms. The molecular weight excluding hydrogens is 328 g/mol. The lowest BCUT2D eigenvalue weighted by atomic mass is 9.91. The zero-order valence-corrected chi connectivity index (χ0v) is 15.3. The number of hydrogen-bond acceptors (Lipinski definition) is 5. The van der Waals surface area contributed by atoms with Crippen LogP contribution in [0.5, 0.6) is 0 Å². The van der Waals surface area contributed by atoms with E-state index in [1.54, 1.807) is 11.8 Å². The van der Waals surface area contributed by atoms with Gasteiger partial charge in [0.1, 0.15) is 0 Å². The molecule has 0 bridgehead atoms. The standard InChI is InChI=1S/C17H18N2S3/c1-5-10(2)20-12(4)13-7-8-14(15-9-6-11(3)21-15)17-16(13)18-22-19-17/h5-9,16,18H,4H2,1-3H3/b10-5-. The van der Waals surface area contributed by atoms with Gasteiger partial charge in [0.05, 0.1) is 23.9 Å². The van der Waals surface area contributed by atoms with Gasteiger partial charge in [-0.05, 0) is 43.4 Å². The molecule has 114 valence electrons. The van der Waals surface area contributed by atoms with E-state index in [-0.39, 0.29) is 6.04 Å². The van der Waals surface area contributed by atoms with E-state index in [4.69, 9.17) is 0 Å². The molecule has 0 aromatic carbocycles. The molecule has 1 aromatic heterocycles. The molecule has 0 radical (unpaired) electrons. The molecule has 0 spiro atoms. The van der Waals surface area contributed by atoms with Gasteiger partial charge in [0.2, 0.25) is 0 Å². The predicted octanol–water partition coefficient (Wildman–Crippen LogP) is 5.53. The van der Waals surface area contributed by atoms with Crippen molar-refractivity contribution in [3.05, 3.63) is 62.1 Å².